The molecule has 0 radical (unpaired) electrons. The summed E-state index contributed by atoms with van der Waals surface area (Å²) in [5, 5.41) is 12.4. The van der Waals surface area contributed by atoms with E-state index in [2.05, 4.69) is 26.5 Å². The van der Waals surface area contributed by atoms with Crippen LogP contribution in [-0.2, 0) is 16.1 Å². The van der Waals surface area contributed by atoms with Gasteiger partial charge in [0.05, 0.1) is 12.2 Å². The zero-order chi connectivity index (χ0) is 20.5. The number of benzene rings is 1. The molecule has 0 saturated heterocycles. The van der Waals surface area contributed by atoms with Crippen LogP contribution in [0.2, 0.25) is 0 Å². The summed E-state index contributed by atoms with van der Waals surface area (Å²) in [7, 11) is 0. The van der Waals surface area contributed by atoms with Crippen LogP contribution in [0.1, 0.15) is 58.4 Å². The van der Waals surface area contributed by atoms with Crippen molar-refractivity contribution >= 4 is 11.8 Å². The summed E-state index contributed by atoms with van der Waals surface area (Å²) in [5.41, 5.74) is 4.81. The second-order valence-corrected chi connectivity index (χ2v) is 7.40. The molecule has 8 nitrogen and oxygen atoms in total. The average Bonchev–Trinajstić information content (AvgIpc) is 3.37. The van der Waals surface area contributed by atoms with Gasteiger partial charge in [0.2, 0.25) is 5.82 Å². The Morgan fingerprint density at radius 3 is 2.79 bits per heavy atom. The number of nitrogens with zero attached hydrogens (tertiary/aromatic N) is 4. The van der Waals surface area contributed by atoms with Crippen LogP contribution >= 0.6 is 0 Å². The third-order valence-corrected chi connectivity index (χ3v) is 5.14. The SMILES string of the molecule is CC(=O)OCCn1nnc(-c2[nH]c(C)c(C(=O)c3cccc(C4CC4)c3)c2C)n1. The Balaban J connectivity index is 1.58. The Kier molecular flexibility index (Phi) is 5.00. The quantitative estimate of drug-likeness (QED) is 0.489. The van der Waals surface area contributed by atoms with Crippen molar-refractivity contribution in [3.05, 3.63) is 52.2 Å². The number of aromatic amines is 1. The zero-order valence-corrected chi connectivity index (χ0v) is 16.7. The van der Waals surface area contributed by atoms with Crippen LogP contribution in [0.4, 0.5) is 0 Å². The smallest absolute Gasteiger partial charge is 0.302 e. The predicted octanol–water partition coefficient (Wildman–Crippen LogP) is 2.96. The lowest BCUT2D eigenvalue weighted by Crippen LogP contribution is -2.11. The molecule has 2 heterocycles. The maximum atomic E-state index is 13.2. The van der Waals surface area contributed by atoms with E-state index in [1.54, 1.807) is 0 Å². The second-order valence-electron chi connectivity index (χ2n) is 7.40. The molecule has 1 N–H and O–H groups in total. The highest BCUT2D eigenvalue weighted by Gasteiger charge is 2.26. The van der Waals surface area contributed by atoms with E-state index in [9.17, 15) is 9.59 Å². The molecule has 1 aliphatic carbocycles. The van der Waals surface area contributed by atoms with Gasteiger partial charge in [-0.2, -0.15) is 4.80 Å². The summed E-state index contributed by atoms with van der Waals surface area (Å²) < 4.78 is 4.90. The number of nitrogens with one attached hydrogen (secondary N) is 1. The van der Waals surface area contributed by atoms with E-state index in [0.29, 0.717) is 35.1 Å². The summed E-state index contributed by atoms with van der Waals surface area (Å²) >= 11 is 0. The van der Waals surface area contributed by atoms with Gasteiger partial charge >= 0.3 is 5.97 Å². The van der Waals surface area contributed by atoms with Crippen LogP contribution in [0.15, 0.2) is 24.3 Å². The second kappa shape index (κ2) is 7.62. The van der Waals surface area contributed by atoms with Crippen molar-refractivity contribution < 1.29 is 14.3 Å². The van der Waals surface area contributed by atoms with Gasteiger partial charge in [-0.3, -0.25) is 9.59 Å². The standard InChI is InChI=1S/C21H23N5O3/c1-12-18(20(28)17-6-4-5-16(11-17)15-7-8-15)13(2)22-19(12)21-23-25-26(24-21)9-10-29-14(3)27/h4-6,11,15,22H,7-10H2,1-3H3. The minimum absolute atomic E-state index is 0.00718. The Bertz CT molecular complexity index is 1080. The number of tetrazole rings is 1. The molecule has 1 aliphatic rings. The molecule has 0 unspecified atom stereocenters. The molecule has 3 aromatic rings. The predicted molar refractivity (Wildman–Crippen MR) is 106 cm³/mol. The minimum Gasteiger partial charge on any atom is -0.464 e. The number of carbonyl (C=O) groups excluding carboxylic acids is 2. The first-order chi connectivity index (χ1) is 13.9. The zero-order valence-electron chi connectivity index (χ0n) is 16.7. The number of ether oxygens (including phenoxy) is 1. The molecular weight excluding hydrogens is 370 g/mol. The van der Waals surface area contributed by atoms with Crippen LogP contribution in [0, 0.1) is 13.8 Å². The fourth-order valence-electron chi connectivity index (χ4n) is 3.52. The molecule has 1 aromatic carbocycles. The fourth-order valence-corrected chi connectivity index (χ4v) is 3.52. The van der Waals surface area contributed by atoms with Gasteiger partial charge in [0.1, 0.15) is 6.61 Å². The van der Waals surface area contributed by atoms with Crippen LogP contribution in [0.3, 0.4) is 0 Å². The molecule has 150 valence electrons. The number of esters is 1. The number of aryl methyl sites for hydroxylation is 1. The number of carbonyl (C=O) groups is 2. The molecular formula is C21H23N5O3. The van der Waals surface area contributed by atoms with E-state index >= 15 is 0 Å². The summed E-state index contributed by atoms with van der Waals surface area (Å²) in [6, 6.07) is 7.92. The van der Waals surface area contributed by atoms with E-state index in [-0.39, 0.29) is 18.4 Å². The summed E-state index contributed by atoms with van der Waals surface area (Å²) in [4.78, 5) is 28.7. The molecule has 29 heavy (non-hydrogen) atoms. The van der Waals surface area contributed by atoms with Crippen molar-refractivity contribution in [1.82, 2.24) is 25.2 Å². The lowest BCUT2D eigenvalue weighted by molar-refractivity contribution is -0.141. The van der Waals surface area contributed by atoms with E-state index < -0.39 is 0 Å². The lowest BCUT2D eigenvalue weighted by Gasteiger charge is -2.05. The maximum Gasteiger partial charge on any atom is 0.302 e. The molecule has 0 bridgehead atoms. The van der Waals surface area contributed by atoms with E-state index in [0.717, 1.165) is 11.3 Å². The third-order valence-electron chi connectivity index (χ3n) is 5.14. The number of hydrogen-bond acceptors (Lipinski definition) is 6. The molecule has 2 aromatic heterocycles. The highest BCUT2D eigenvalue weighted by atomic mass is 16.5. The van der Waals surface area contributed by atoms with Gasteiger partial charge < -0.3 is 9.72 Å². The van der Waals surface area contributed by atoms with Gasteiger partial charge in [0.15, 0.2) is 5.78 Å². The number of H-pyrrole nitrogens is 1. The molecule has 0 aliphatic heterocycles. The van der Waals surface area contributed by atoms with Crippen LogP contribution in [-0.4, -0.2) is 43.6 Å². The van der Waals surface area contributed by atoms with Gasteiger partial charge in [-0.25, -0.2) is 0 Å². The van der Waals surface area contributed by atoms with E-state index in [4.69, 9.17) is 4.74 Å². The van der Waals surface area contributed by atoms with Gasteiger partial charge in [0, 0.05) is 23.7 Å². The summed E-state index contributed by atoms with van der Waals surface area (Å²) in [5.74, 6) is 0.638. The van der Waals surface area contributed by atoms with Crippen molar-refractivity contribution in [3.63, 3.8) is 0 Å². The topological polar surface area (TPSA) is 103 Å². The summed E-state index contributed by atoms with van der Waals surface area (Å²) in [6.07, 6.45) is 2.39. The van der Waals surface area contributed by atoms with Gasteiger partial charge in [-0.05, 0) is 55.0 Å². The third kappa shape index (κ3) is 3.96. The monoisotopic (exact) mass is 393 g/mol. The van der Waals surface area contributed by atoms with E-state index in [1.165, 1.54) is 30.1 Å². The van der Waals surface area contributed by atoms with Crippen LogP contribution < -0.4 is 0 Å². The number of rotatable bonds is 7. The minimum atomic E-state index is -0.352. The first kappa shape index (κ1) is 19.0. The van der Waals surface area contributed by atoms with Gasteiger partial charge in [-0.15, -0.1) is 10.2 Å². The average molecular weight is 393 g/mol. The lowest BCUT2D eigenvalue weighted by atomic mass is 9.97. The van der Waals surface area contributed by atoms with Crippen molar-refractivity contribution in [2.45, 2.75) is 46.1 Å². The molecule has 0 amide bonds. The van der Waals surface area contributed by atoms with Gasteiger partial charge in [0.25, 0.3) is 0 Å². The molecule has 1 saturated carbocycles. The molecule has 0 spiro atoms. The Morgan fingerprint density at radius 1 is 1.28 bits per heavy atom. The number of aromatic nitrogens is 5. The molecule has 0 atom stereocenters. The van der Waals surface area contributed by atoms with Gasteiger partial charge in [-0.1, -0.05) is 18.2 Å². The first-order valence-electron chi connectivity index (χ1n) is 9.69. The summed E-state index contributed by atoms with van der Waals surface area (Å²) in [6.45, 7) is 5.60. The molecule has 4 rings (SSSR count). The maximum absolute atomic E-state index is 13.2. The molecule has 8 heteroatoms. The first-order valence-corrected chi connectivity index (χ1v) is 9.69. The number of hydrogen-bond donors (Lipinski definition) is 1. The van der Waals surface area contributed by atoms with Crippen molar-refractivity contribution in [1.29, 1.82) is 0 Å². The van der Waals surface area contributed by atoms with Crippen molar-refractivity contribution in [3.8, 4) is 11.5 Å². The van der Waals surface area contributed by atoms with Crippen molar-refractivity contribution in [2.24, 2.45) is 0 Å². The van der Waals surface area contributed by atoms with E-state index in [1.807, 2.05) is 32.0 Å². The number of ketones is 1. The Labute approximate surface area is 168 Å². The molecule has 1 fully saturated rings. The Hall–Kier alpha value is -3.29. The highest BCUT2D eigenvalue weighted by Crippen LogP contribution is 2.40. The Morgan fingerprint density at radius 2 is 2.07 bits per heavy atom. The largest absolute Gasteiger partial charge is 0.464 e. The van der Waals surface area contributed by atoms with Crippen LogP contribution in [0.25, 0.3) is 11.5 Å². The highest BCUT2D eigenvalue weighted by molar-refractivity contribution is 6.11. The van der Waals surface area contributed by atoms with Crippen molar-refractivity contribution in [2.75, 3.05) is 6.61 Å². The van der Waals surface area contributed by atoms with Crippen LogP contribution in [0.5, 0.6) is 0 Å². The normalized spacial score (nSPS) is 13.5. The fraction of sp³-hybridized carbons (Fsp3) is 0.381.